The quantitative estimate of drug-likeness (QED) is 0.458. The third-order valence-electron chi connectivity index (χ3n) is 4.40. The molecule has 0 bridgehead atoms. The Balaban J connectivity index is 1.52. The fourth-order valence-corrected chi connectivity index (χ4v) is 3.86. The summed E-state index contributed by atoms with van der Waals surface area (Å²) in [7, 11) is 0. The van der Waals surface area contributed by atoms with Crippen molar-refractivity contribution in [1.29, 1.82) is 0 Å². The minimum absolute atomic E-state index is 0.00734. The zero-order valence-electron chi connectivity index (χ0n) is 16.9. The predicted molar refractivity (Wildman–Crippen MR) is 119 cm³/mol. The van der Waals surface area contributed by atoms with Gasteiger partial charge in [0.25, 0.3) is 17.1 Å². The largest absolute Gasteiger partial charge is 0.483 e. The van der Waals surface area contributed by atoms with E-state index in [0.717, 1.165) is 4.90 Å². The number of thioether (sulfide) groups is 1. The fourth-order valence-electron chi connectivity index (χ4n) is 2.83. The van der Waals surface area contributed by atoms with Crippen molar-refractivity contribution in [3.05, 3.63) is 69.3 Å². The van der Waals surface area contributed by atoms with E-state index in [0.29, 0.717) is 16.8 Å². The van der Waals surface area contributed by atoms with Gasteiger partial charge in [-0.1, -0.05) is 29.8 Å². The van der Waals surface area contributed by atoms with Gasteiger partial charge in [0.1, 0.15) is 11.6 Å². The molecule has 1 fully saturated rings. The maximum atomic E-state index is 13.8. The van der Waals surface area contributed by atoms with Crippen molar-refractivity contribution in [2.75, 3.05) is 19.7 Å². The van der Waals surface area contributed by atoms with Gasteiger partial charge in [0.05, 0.1) is 10.5 Å². The number of carbonyl (C=O) groups is 4. The van der Waals surface area contributed by atoms with Crippen LogP contribution < -0.4 is 10.1 Å². The lowest BCUT2D eigenvalue weighted by Gasteiger charge is -2.14. The number of imide groups is 1. The molecular formula is C22H18ClFN2O5S. The number of amides is 3. The van der Waals surface area contributed by atoms with Gasteiger partial charge in [-0.2, -0.15) is 0 Å². The molecule has 0 atom stereocenters. The van der Waals surface area contributed by atoms with Crippen LogP contribution in [0.3, 0.4) is 0 Å². The van der Waals surface area contributed by atoms with Crippen molar-refractivity contribution >= 4 is 52.3 Å². The summed E-state index contributed by atoms with van der Waals surface area (Å²) in [5.41, 5.74) is 0.459. The van der Waals surface area contributed by atoms with Crippen LogP contribution in [0.15, 0.2) is 47.4 Å². The van der Waals surface area contributed by atoms with E-state index in [-0.39, 0.29) is 47.3 Å². The monoisotopic (exact) mass is 476 g/mol. The van der Waals surface area contributed by atoms with Gasteiger partial charge < -0.3 is 10.1 Å². The van der Waals surface area contributed by atoms with Gasteiger partial charge in [-0.25, -0.2) is 4.39 Å². The number of nitrogens with zero attached hydrogens (tertiary/aromatic N) is 1. The number of Topliss-reactive ketones (excluding diaryl/α,β-unsaturated/α-hetero) is 1. The molecule has 1 aliphatic heterocycles. The SMILES string of the molecule is CC(=O)c1cc(Cl)ccc1OCC(=O)NCCN1C(=O)S/C(=C\c2ccccc2F)C1=O. The highest BCUT2D eigenvalue weighted by molar-refractivity contribution is 8.18. The van der Waals surface area contributed by atoms with Crippen LogP contribution in [0.4, 0.5) is 9.18 Å². The van der Waals surface area contributed by atoms with Crippen molar-refractivity contribution in [2.45, 2.75) is 6.92 Å². The zero-order chi connectivity index (χ0) is 23.3. The molecule has 10 heteroatoms. The maximum Gasteiger partial charge on any atom is 0.293 e. The van der Waals surface area contributed by atoms with E-state index >= 15 is 0 Å². The number of ketones is 1. The zero-order valence-corrected chi connectivity index (χ0v) is 18.5. The van der Waals surface area contributed by atoms with Crippen LogP contribution in [-0.2, 0) is 9.59 Å². The van der Waals surface area contributed by atoms with E-state index in [1.165, 1.54) is 49.4 Å². The molecule has 3 amide bonds. The molecule has 7 nitrogen and oxygen atoms in total. The Kier molecular flexibility index (Phi) is 7.66. The first-order valence-electron chi connectivity index (χ1n) is 9.46. The Bertz CT molecular complexity index is 1120. The molecule has 32 heavy (non-hydrogen) atoms. The Labute approximate surface area is 192 Å². The molecular weight excluding hydrogens is 459 g/mol. The standard InChI is InChI=1S/C22H18ClFN2O5S/c1-13(27)16-11-15(23)6-7-18(16)31-12-20(28)25-8-9-26-21(29)19(32-22(26)30)10-14-4-2-3-5-17(14)24/h2-7,10-11H,8-9,12H2,1H3,(H,25,28)/b19-10-. The Morgan fingerprint density at radius 2 is 1.97 bits per heavy atom. The number of hydrogen-bond acceptors (Lipinski definition) is 6. The van der Waals surface area contributed by atoms with E-state index in [2.05, 4.69) is 5.32 Å². The van der Waals surface area contributed by atoms with Crippen molar-refractivity contribution in [3.63, 3.8) is 0 Å². The summed E-state index contributed by atoms with van der Waals surface area (Å²) in [5.74, 6) is -1.59. The fraction of sp³-hybridized carbons (Fsp3) is 0.182. The minimum Gasteiger partial charge on any atom is -0.483 e. The highest BCUT2D eigenvalue weighted by Gasteiger charge is 2.34. The number of benzene rings is 2. The smallest absolute Gasteiger partial charge is 0.293 e. The second kappa shape index (κ2) is 10.4. The molecule has 2 aromatic rings. The summed E-state index contributed by atoms with van der Waals surface area (Å²) in [5, 5.41) is 2.41. The summed E-state index contributed by atoms with van der Waals surface area (Å²) in [6.07, 6.45) is 1.32. The van der Waals surface area contributed by atoms with Crippen LogP contribution in [0.2, 0.25) is 5.02 Å². The molecule has 1 saturated heterocycles. The van der Waals surface area contributed by atoms with Crippen molar-refractivity contribution < 1.29 is 28.3 Å². The molecule has 0 unspecified atom stereocenters. The average molecular weight is 477 g/mol. The van der Waals surface area contributed by atoms with Gasteiger partial charge >= 0.3 is 0 Å². The van der Waals surface area contributed by atoms with Gasteiger partial charge in [0.15, 0.2) is 12.4 Å². The van der Waals surface area contributed by atoms with Gasteiger partial charge in [0, 0.05) is 23.7 Å². The van der Waals surface area contributed by atoms with Crippen LogP contribution >= 0.6 is 23.4 Å². The normalized spacial score (nSPS) is 14.7. The number of carbonyl (C=O) groups excluding carboxylic acids is 4. The first kappa shape index (κ1) is 23.5. The number of rotatable bonds is 8. The molecule has 0 aliphatic carbocycles. The van der Waals surface area contributed by atoms with Crippen molar-refractivity contribution in [1.82, 2.24) is 10.2 Å². The summed E-state index contributed by atoms with van der Waals surface area (Å²) >= 11 is 6.58. The van der Waals surface area contributed by atoms with E-state index in [9.17, 15) is 23.6 Å². The van der Waals surface area contributed by atoms with Crippen LogP contribution in [0.25, 0.3) is 6.08 Å². The Hall–Kier alpha value is -3.17. The predicted octanol–water partition coefficient (Wildman–Crippen LogP) is 3.91. The molecule has 0 aromatic heterocycles. The summed E-state index contributed by atoms with van der Waals surface area (Å²) in [6.45, 7) is 0.949. The van der Waals surface area contributed by atoms with Gasteiger partial charge in [-0.3, -0.25) is 24.1 Å². The Morgan fingerprint density at radius 1 is 1.22 bits per heavy atom. The number of halogens is 2. The molecule has 1 aliphatic rings. The second-order valence-electron chi connectivity index (χ2n) is 6.69. The summed E-state index contributed by atoms with van der Waals surface area (Å²) in [4.78, 5) is 49.4. The molecule has 2 aromatic carbocycles. The van der Waals surface area contributed by atoms with Crippen LogP contribution in [-0.4, -0.2) is 47.4 Å². The summed E-state index contributed by atoms with van der Waals surface area (Å²) in [6, 6.07) is 10.4. The third-order valence-corrected chi connectivity index (χ3v) is 5.55. The second-order valence-corrected chi connectivity index (χ2v) is 8.12. The van der Waals surface area contributed by atoms with Crippen molar-refractivity contribution in [3.8, 4) is 5.75 Å². The van der Waals surface area contributed by atoms with Gasteiger partial charge in [-0.05, 0) is 49.0 Å². The number of nitrogens with one attached hydrogen (secondary N) is 1. The highest BCUT2D eigenvalue weighted by atomic mass is 35.5. The molecule has 0 saturated carbocycles. The molecule has 0 radical (unpaired) electrons. The highest BCUT2D eigenvalue weighted by Crippen LogP contribution is 2.32. The molecule has 0 spiro atoms. The van der Waals surface area contributed by atoms with Gasteiger partial charge in [0.2, 0.25) is 0 Å². The lowest BCUT2D eigenvalue weighted by atomic mass is 10.1. The van der Waals surface area contributed by atoms with Crippen LogP contribution in [0, 0.1) is 5.82 Å². The van der Waals surface area contributed by atoms with Crippen LogP contribution in [0.1, 0.15) is 22.8 Å². The number of ether oxygens (including phenoxy) is 1. The van der Waals surface area contributed by atoms with E-state index in [4.69, 9.17) is 16.3 Å². The minimum atomic E-state index is -0.555. The summed E-state index contributed by atoms with van der Waals surface area (Å²) < 4.78 is 19.2. The first-order chi connectivity index (χ1) is 15.3. The van der Waals surface area contributed by atoms with E-state index in [1.54, 1.807) is 6.07 Å². The maximum absolute atomic E-state index is 13.8. The topological polar surface area (TPSA) is 92.8 Å². The lowest BCUT2D eigenvalue weighted by Crippen LogP contribution is -2.38. The molecule has 3 rings (SSSR count). The first-order valence-corrected chi connectivity index (χ1v) is 10.7. The lowest BCUT2D eigenvalue weighted by molar-refractivity contribution is -0.125. The van der Waals surface area contributed by atoms with E-state index in [1.807, 2.05) is 0 Å². The van der Waals surface area contributed by atoms with Gasteiger partial charge in [-0.15, -0.1) is 0 Å². The number of hydrogen-bond donors (Lipinski definition) is 1. The van der Waals surface area contributed by atoms with Crippen molar-refractivity contribution in [2.24, 2.45) is 0 Å². The van der Waals surface area contributed by atoms with Crippen LogP contribution in [0.5, 0.6) is 5.75 Å². The van der Waals surface area contributed by atoms with E-state index < -0.39 is 22.9 Å². The molecule has 166 valence electrons. The molecule has 1 N–H and O–H groups in total. The average Bonchev–Trinajstić information content (AvgIpc) is 3.01. The Morgan fingerprint density at radius 3 is 2.69 bits per heavy atom. The molecule has 1 heterocycles. The third kappa shape index (κ3) is 5.74.